The third-order valence-corrected chi connectivity index (χ3v) is 4.77. The summed E-state index contributed by atoms with van der Waals surface area (Å²) in [6, 6.07) is 30.9. The van der Waals surface area contributed by atoms with Crippen LogP contribution >= 0.6 is 0 Å². The summed E-state index contributed by atoms with van der Waals surface area (Å²) in [5, 5.41) is 11.2. The van der Waals surface area contributed by atoms with E-state index in [1.54, 1.807) is 0 Å². The predicted octanol–water partition coefficient (Wildman–Crippen LogP) is 5.70. The van der Waals surface area contributed by atoms with Gasteiger partial charge in [-0.2, -0.15) is 0 Å². The monoisotopic (exact) mass is 316 g/mol. The van der Waals surface area contributed by atoms with Gasteiger partial charge in [0.1, 0.15) is 0 Å². The van der Waals surface area contributed by atoms with Gasteiger partial charge in [-0.1, -0.05) is 97.9 Å². The van der Waals surface area contributed by atoms with E-state index in [1.165, 1.54) is 11.1 Å². The van der Waals surface area contributed by atoms with Gasteiger partial charge in [0.25, 0.3) is 0 Å². The highest BCUT2D eigenvalue weighted by Gasteiger charge is 2.30. The fraction of sp³-hybridized carbons (Fsp3) is 0.217. The second-order valence-electron chi connectivity index (χ2n) is 6.22. The van der Waals surface area contributed by atoms with Gasteiger partial charge in [0.05, 0.1) is 6.10 Å². The van der Waals surface area contributed by atoms with Crippen molar-refractivity contribution in [2.24, 2.45) is 0 Å². The van der Waals surface area contributed by atoms with Gasteiger partial charge in [-0.3, -0.25) is 0 Å². The number of hydrogen-bond donors (Lipinski definition) is 1. The van der Waals surface area contributed by atoms with Crippen LogP contribution in [0.3, 0.4) is 0 Å². The zero-order valence-corrected chi connectivity index (χ0v) is 14.0. The summed E-state index contributed by atoms with van der Waals surface area (Å²) in [5.41, 5.74) is 3.44. The number of aliphatic hydroxyl groups is 1. The van der Waals surface area contributed by atoms with Gasteiger partial charge in [-0.25, -0.2) is 0 Å². The van der Waals surface area contributed by atoms with Crippen LogP contribution in [0.25, 0.3) is 0 Å². The van der Waals surface area contributed by atoms with Crippen LogP contribution in [-0.2, 0) is 0 Å². The van der Waals surface area contributed by atoms with E-state index in [2.05, 4.69) is 55.5 Å². The highest BCUT2D eigenvalue weighted by molar-refractivity contribution is 5.33. The van der Waals surface area contributed by atoms with Gasteiger partial charge < -0.3 is 5.11 Å². The molecule has 1 N–H and O–H groups in total. The minimum absolute atomic E-state index is 0.0287. The second kappa shape index (κ2) is 7.94. The Kier molecular flexibility index (Phi) is 5.45. The molecule has 0 radical (unpaired) electrons. The Hall–Kier alpha value is -2.38. The van der Waals surface area contributed by atoms with E-state index in [-0.39, 0.29) is 11.8 Å². The molecule has 0 aliphatic rings. The molecule has 122 valence electrons. The summed E-state index contributed by atoms with van der Waals surface area (Å²) in [7, 11) is 0. The Labute approximate surface area is 144 Å². The minimum atomic E-state index is -0.529. The number of hydrogen-bond acceptors (Lipinski definition) is 1. The predicted molar refractivity (Wildman–Crippen MR) is 100 cm³/mol. The molecule has 3 atom stereocenters. The van der Waals surface area contributed by atoms with E-state index in [0.29, 0.717) is 0 Å². The summed E-state index contributed by atoms with van der Waals surface area (Å²) >= 11 is 0. The first kappa shape index (κ1) is 16.5. The van der Waals surface area contributed by atoms with Crippen LogP contribution in [0, 0.1) is 0 Å². The minimum Gasteiger partial charge on any atom is -0.388 e. The van der Waals surface area contributed by atoms with Crippen molar-refractivity contribution in [2.45, 2.75) is 31.3 Å². The van der Waals surface area contributed by atoms with Crippen molar-refractivity contribution in [3.05, 3.63) is 108 Å². The van der Waals surface area contributed by atoms with Crippen molar-refractivity contribution in [3.63, 3.8) is 0 Å². The summed E-state index contributed by atoms with van der Waals surface area (Å²) in [4.78, 5) is 0. The van der Waals surface area contributed by atoms with Gasteiger partial charge in [0.2, 0.25) is 0 Å². The molecule has 0 aromatic heterocycles. The fourth-order valence-electron chi connectivity index (χ4n) is 3.56. The molecule has 0 bridgehead atoms. The second-order valence-corrected chi connectivity index (χ2v) is 6.22. The molecule has 0 aliphatic heterocycles. The average Bonchev–Trinajstić information content (AvgIpc) is 2.67. The maximum Gasteiger partial charge on any atom is 0.0864 e. The van der Waals surface area contributed by atoms with E-state index >= 15 is 0 Å². The van der Waals surface area contributed by atoms with Gasteiger partial charge in [-0.15, -0.1) is 0 Å². The summed E-state index contributed by atoms with van der Waals surface area (Å²) < 4.78 is 0. The Bertz CT molecular complexity index is 722. The molecule has 0 aliphatic carbocycles. The van der Waals surface area contributed by atoms with E-state index < -0.39 is 6.10 Å². The molecule has 0 saturated heterocycles. The van der Waals surface area contributed by atoms with Gasteiger partial charge in [-0.05, 0) is 29.0 Å². The van der Waals surface area contributed by atoms with Crippen molar-refractivity contribution in [3.8, 4) is 0 Å². The van der Waals surface area contributed by atoms with E-state index in [4.69, 9.17) is 0 Å². The third kappa shape index (κ3) is 3.58. The molecule has 24 heavy (non-hydrogen) atoms. The summed E-state index contributed by atoms with van der Waals surface area (Å²) in [6.07, 6.45) is 0.451. The molecule has 0 unspecified atom stereocenters. The Morgan fingerprint density at radius 1 is 0.625 bits per heavy atom. The largest absolute Gasteiger partial charge is 0.388 e. The molecule has 3 aromatic carbocycles. The topological polar surface area (TPSA) is 20.2 Å². The Balaban J connectivity index is 2.05. The molecule has 0 heterocycles. The smallest absolute Gasteiger partial charge is 0.0864 e. The van der Waals surface area contributed by atoms with Crippen LogP contribution in [-0.4, -0.2) is 5.11 Å². The molecule has 1 heteroatoms. The molecular formula is C23H24O. The maximum atomic E-state index is 11.2. The van der Waals surface area contributed by atoms with Crippen LogP contribution in [0.5, 0.6) is 0 Å². The van der Waals surface area contributed by atoms with Crippen LogP contribution in [0.15, 0.2) is 91.0 Å². The zero-order valence-electron chi connectivity index (χ0n) is 14.0. The van der Waals surface area contributed by atoms with Gasteiger partial charge in [0, 0.05) is 5.92 Å². The molecule has 0 amide bonds. The Morgan fingerprint density at radius 3 is 1.50 bits per heavy atom. The average molecular weight is 316 g/mol. The van der Waals surface area contributed by atoms with Crippen LogP contribution in [0.2, 0.25) is 0 Å². The van der Waals surface area contributed by atoms with Gasteiger partial charge >= 0.3 is 0 Å². The van der Waals surface area contributed by atoms with Crippen LogP contribution in [0.1, 0.15) is 48.0 Å². The first-order valence-electron chi connectivity index (χ1n) is 8.64. The summed E-state index contributed by atoms with van der Waals surface area (Å²) in [5.74, 6) is 0.296. The molecule has 0 spiro atoms. The van der Waals surface area contributed by atoms with Crippen molar-refractivity contribution in [1.29, 1.82) is 0 Å². The molecule has 0 fully saturated rings. The lowest BCUT2D eigenvalue weighted by molar-refractivity contribution is 0.130. The van der Waals surface area contributed by atoms with Crippen molar-refractivity contribution >= 4 is 0 Å². The molecule has 1 nitrogen and oxygen atoms in total. The zero-order chi connectivity index (χ0) is 16.8. The normalized spacial score (nSPS) is 14.8. The summed E-state index contributed by atoms with van der Waals surface area (Å²) in [6.45, 7) is 2.20. The lowest BCUT2D eigenvalue weighted by atomic mass is 9.75. The molecular weight excluding hydrogens is 292 g/mol. The maximum absolute atomic E-state index is 11.2. The lowest BCUT2D eigenvalue weighted by Crippen LogP contribution is -2.19. The van der Waals surface area contributed by atoms with Crippen LogP contribution in [0.4, 0.5) is 0 Å². The van der Waals surface area contributed by atoms with Crippen molar-refractivity contribution in [2.75, 3.05) is 0 Å². The van der Waals surface area contributed by atoms with Crippen molar-refractivity contribution < 1.29 is 5.11 Å². The van der Waals surface area contributed by atoms with E-state index in [9.17, 15) is 5.11 Å². The van der Waals surface area contributed by atoms with Gasteiger partial charge in [0.15, 0.2) is 0 Å². The van der Waals surface area contributed by atoms with Crippen LogP contribution < -0.4 is 0 Å². The number of benzene rings is 3. The fourth-order valence-corrected chi connectivity index (χ4v) is 3.56. The molecule has 0 saturated carbocycles. The SMILES string of the molecule is CC[C@H](c1ccccc1)[C@H](c1ccccc1)[C@@H](O)c1ccccc1. The van der Waals surface area contributed by atoms with E-state index in [0.717, 1.165) is 12.0 Å². The lowest BCUT2D eigenvalue weighted by Gasteiger charge is -2.31. The quantitative estimate of drug-likeness (QED) is 0.618. The van der Waals surface area contributed by atoms with E-state index in [1.807, 2.05) is 42.5 Å². The number of aliphatic hydroxyl groups excluding tert-OH is 1. The number of rotatable bonds is 6. The molecule has 3 rings (SSSR count). The Morgan fingerprint density at radius 2 is 1.04 bits per heavy atom. The standard InChI is InChI=1S/C23H24O/c1-2-21(18-12-6-3-7-13-18)22(19-14-8-4-9-15-19)23(24)20-16-10-5-11-17-20/h3-17,21-24H,2H2,1H3/t21-,22+,23+/m1/s1. The first-order valence-corrected chi connectivity index (χ1v) is 8.64. The molecule has 3 aromatic rings. The first-order chi connectivity index (χ1) is 11.8. The highest BCUT2D eigenvalue weighted by atomic mass is 16.3. The third-order valence-electron chi connectivity index (χ3n) is 4.77. The van der Waals surface area contributed by atoms with Crippen molar-refractivity contribution in [1.82, 2.24) is 0 Å². The highest BCUT2D eigenvalue weighted by Crippen LogP contribution is 2.43.